The van der Waals surface area contributed by atoms with Crippen LogP contribution in [0.4, 0.5) is 5.69 Å². The summed E-state index contributed by atoms with van der Waals surface area (Å²) >= 11 is 0. The van der Waals surface area contributed by atoms with E-state index in [4.69, 9.17) is 0 Å². The van der Waals surface area contributed by atoms with Gasteiger partial charge < -0.3 is 19.7 Å². The number of nitro groups is 1. The summed E-state index contributed by atoms with van der Waals surface area (Å²) in [5.74, 6) is -1.21. The Balaban J connectivity index is 0.000000237. The maximum atomic E-state index is 11.4. The van der Waals surface area contributed by atoms with Crippen LogP contribution in [0.3, 0.4) is 0 Å². The first-order valence-electron chi connectivity index (χ1n) is 9.54. The van der Waals surface area contributed by atoms with Crippen molar-refractivity contribution in [2.75, 3.05) is 14.2 Å². The van der Waals surface area contributed by atoms with Gasteiger partial charge in [-0.1, -0.05) is 31.7 Å². The highest BCUT2D eigenvalue weighted by molar-refractivity contribution is 6.00. The number of benzene rings is 4. The van der Waals surface area contributed by atoms with Crippen LogP contribution >= 0.6 is 0 Å². The van der Waals surface area contributed by atoms with E-state index in [1.165, 1.54) is 32.4 Å². The van der Waals surface area contributed by atoms with E-state index in [0.717, 1.165) is 10.8 Å². The standard InChI is InChI=1S/C12H9NO5.C12H10O3.CH4/c1-18-12(15)8-3-2-7-4-5-10(14)11(13(16)17)9(7)6-8;1-15-12(14)9-3-2-8-4-5-11(13)7-10(8)6-9;/h2-6,14H,1H3;2-7,13H,1H3;1H4. The fraction of sp³-hybridized carbons (Fsp3) is 0.120. The highest BCUT2D eigenvalue weighted by Gasteiger charge is 2.19. The molecule has 0 aliphatic rings. The molecule has 2 N–H and O–H groups in total. The molecule has 0 aliphatic heterocycles. The molecule has 0 spiro atoms. The van der Waals surface area contributed by atoms with Crippen LogP contribution < -0.4 is 0 Å². The van der Waals surface area contributed by atoms with Crippen LogP contribution in [-0.2, 0) is 9.47 Å². The first kappa shape index (κ1) is 25.6. The minimum atomic E-state index is -0.682. The third-order valence-corrected chi connectivity index (χ3v) is 4.82. The number of carbonyl (C=O) groups is 2. The van der Waals surface area contributed by atoms with Gasteiger partial charge in [0.15, 0.2) is 5.75 Å². The number of hydrogen-bond donors (Lipinski definition) is 2. The minimum absolute atomic E-state index is 0. The lowest BCUT2D eigenvalue weighted by atomic mass is 10.0. The Morgan fingerprint density at radius 1 is 0.765 bits per heavy atom. The Bertz CT molecular complexity index is 1380. The molecule has 0 amide bonds. The zero-order valence-corrected chi connectivity index (χ0v) is 17.6. The van der Waals surface area contributed by atoms with E-state index in [9.17, 15) is 29.9 Å². The Kier molecular flexibility index (Phi) is 8.11. The largest absolute Gasteiger partial charge is 0.508 e. The van der Waals surface area contributed by atoms with Gasteiger partial charge in [-0.25, -0.2) is 9.59 Å². The van der Waals surface area contributed by atoms with Crippen molar-refractivity contribution in [3.8, 4) is 11.5 Å². The number of methoxy groups -OCH3 is 2. The summed E-state index contributed by atoms with van der Waals surface area (Å²) in [4.78, 5) is 32.9. The predicted molar refractivity (Wildman–Crippen MR) is 127 cm³/mol. The van der Waals surface area contributed by atoms with E-state index in [0.29, 0.717) is 10.9 Å². The minimum Gasteiger partial charge on any atom is -0.508 e. The molecule has 0 fully saturated rings. The lowest BCUT2D eigenvalue weighted by Crippen LogP contribution is -2.01. The summed E-state index contributed by atoms with van der Waals surface area (Å²) in [5, 5.41) is 32.3. The molecular weight excluding hydrogens is 442 g/mol. The molecule has 0 atom stereocenters. The van der Waals surface area contributed by atoms with E-state index in [1.807, 2.05) is 6.07 Å². The Hall–Kier alpha value is -4.66. The van der Waals surface area contributed by atoms with Gasteiger partial charge in [0, 0.05) is 0 Å². The van der Waals surface area contributed by atoms with Gasteiger partial charge in [-0.2, -0.15) is 0 Å². The third kappa shape index (κ3) is 5.39. The smallest absolute Gasteiger partial charge is 0.337 e. The average Bonchev–Trinajstić information content (AvgIpc) is 2.82. The summed E-state index contributed by atoms with van der Waals surface area (Å²) in [7, 11) is 2.57. The quantitative estimate of drug-likeness (QED) is 0.239. The molecule has 0 aromatic heterocycles. The molecule has 0 saturated carbocycles. The van der Waals surface area contributed by atoms with Crippen molar-refractivity contribution in [2.24, 2.45) is 0 Å². The zero-order chi connectivity index (χ0) is 24.1. The number of ether oxygens (including phenoxy) is 2. The van der Waals surface area contributed by atoms with Gasteiger partial charge in [0.2, 0.25) is 0 Å². The number of nitrogens with zero attached hydrogens (tertiary/aromatic N) is 1. The molecule has 0 radical (unpaired) electrons. The lowest BCUT2D eigenvalue weighted by molar-refractivity contribution is -0.384. The van der Waals surface area contributed by atoms with Crippen LogP contribution in [0, 0.1) is 10.1 Å². The molecular formula is C25H23NO8. The molecule has 9 nitrogen and oxygen atoms in total. The Morgan fingerprint density at radius 2 is 1.29 bits per heavy atom. The summed E-state index contributed by atoms with van der Waals surface area (Å²) in [6, 6.07) is 17.4. The van der Waals surface area contributed by atoms with Gasteiger partial charge in [-0.05, 0) is 58.6 Å². The molecule has 0 heterocycles. The number of aromatic hydroxyl groups is 2. The number of esters is 2. The second-order valence-corrected chi connectivity index (χ2v) is 6.86. The van der Waals surface area contributed by atoms with Crippen molar-refractivity contribution >= 4 is 39.2 Å². The number of nitro benzene ring substituents is 1. The van der Waals surface area contributed by atoms with E-state index < -0.39 is 22.3 Å². The topological polar surface area (TPSA) is 136 Å². The highest BCUT2D eigenvalue weighted by Crippen LogP contribution is 2.34. The lowest BCUT2D eigenvalue weighted by Gasteiger charge is -2.04. The third-order valence-electron chi connectivity index (χ3n) is 4.82. The molecule has 0 saturated heterocycles. The molecule has 4 aromatic rings. The van der Waals surface area contributed by atoms with Crippen molar-refractivity contribution < 1.29 is 34.2 Å². The highest BCUT2D eigenvalue weighted by atomic mass is 16.6. The first-order valence-corrected chi connectivity index (χ1v) is 9.54. The number of hydrogen-bond acceptors (Lipinski definition) is 8. The predicted octanol–water partition coefficient (Wildman–Crippen LogP) is 5.21. The number of rotatable bonds is 3. The van der Waals surface area contributed by atoms with Crippen molar-refractivity contribution in [3.05, 3.63) is 88.0 Å². The van der Waals surface area contributed by atoms with Crippen LogP contribution in [0.1, 0.15) is 28.1 Å². The molecule has 0 bridgehead atoms. The van der Waals surface area contributed by atoms with Crippen LogP contribution in [0.15, 0.2) is 66.7 Å². The fourth-order valence-corrected chi connectivity index (χ4v) is 3.21. The second-order valence-electron chi connectivity index (χ2n) is 6.86. The van der Waals surface area contributed by atoms with Crippen LogP contribution in [0.5, 0.6) is 11.5 Å². The van der Waals surface area contributed by atoms with Gasteiger partial charge in [-0.3, -0.25) is 10.1 Å². The van der Waals surface area contributed by atoms with E-state index in [-0.39, 0.29) is 30.1 Å². The van der Waals surface area contributed by atoms with E-state index in [1.54, 1.807) is 42.5 Å². The van der Waals surface area contributed by atoms with Gasteiger partial charge in [0.1, 0.15) is 5.75 Å². The molecule has 0 aliphatic carbocycles. The molecule has 0 unspecified atom stereocenters. The summed E-state index contributed by atoms with van der Waals surface area (Å²) in [5.41, 5.74) is 0.257. The maximum Gasteiger partial charge on any atom is 0.337 e. The normalized spacial score (nSPS) is 9.94. The van der Waals surface area contributed by atoms with E-state index >= 15 is 0 Å². The fourth-order valence-electron chi connectivity index (χ4n) is 3.21. The number of phenols is 2. The first-order chi connectivity index (χ1) is 15.7. The number of carbonyl (C=O) groups excluding carboxylic acids is 2. The molecule has 4 rings (SSSR count). The Labute approximate surface area is 194 Å². The second kappa shape index (κ2) is 10.8. The molecule has 176 valence electrons. The van der Waals surface area contributed by atoms with Gasteiger partial charge >= 0.3 is 17.6 Å². The van der Waals surface area contributed by atoms with Gasteiger partial charge in [0.25, 0.3) is 0 Å². The average molecular weight is 465 g/mol. The van der Waals surface area contributed by atoms with Crippen LogP contribution in [0.25, 0.3) is 21.5 Å². The number of fused-ring (bicyclic) bond motifs is 2. The van der Waals surface area contributed by atoms with Crippen molar-refractivity contribution in [3.63, 3.8) is 0 Å². The summed E-state index contributed by atoms with van der Waals surface area (Å²) in [6.45, 7) is 0. The Morgan fingerprint density at radius 3 is 1.88 bits per heavy atom. The summed E-state index contributed by atoms with van der Waals surface area (Å²) in [6.07, 6.45) is 0. The van der Waals surface area contributed by atoms with Crippen molar-refractivity contribution in [2.45, 2.75) is 7.43 Å². The van der Waals surface area contributed by atoms with Crippen LogP contribution in [0.2, 0.25) is 0 Å². The molecule has 4 aromatic carbocycles. The van der Waals surface area contributed by atoms with Crippen molar-refractivity contribution in [1.82, 2.24) is 0 Å². The summed E-state index contributed by atoms with van der Waals surface area (Å²) < 4.78 is 9.16. The van der Waals surface area contributed by atoms with E-state index in [2.05, 4.69) is 9.47 Å². The molecule has 9 heteroatoms. The van der Waals surface area contributed by atoms with Gasteiger partial charge in [0.05, 0.1) is 35.7 Å². The zero-order valence-electron chi connectivity index (χ0n) is 17.6. The van der Waals surface area contributed by atoms with Crippen molar-refractivity contribution in [1.29, 1.82) is 0 Å². The van der Waals surface area contributed by atoms with Crippen LogP contribution in [-0.4, -0.2) is 41.3 Å². The van der Waals surface area contributed by atoms with Gasteiger partial charge in [-0.15, -0.1) is 0 Å². The monoisotopic (exact) mass is 465 g/mol. The maximum absolute atomic E-state index is 11.4. The molecule has 34 heavy (non-hydrogen) atoms. The number of phenolic OH excluding ortho intramolecular Hbond substituents is 2. The SMILES string of the molecule is C.COC(=O)c1ccc2ccc(O)c([N+](=O)[O-])c2c1.COC(=O)c1ccc2ccc(O)cc2c1.